The molecule has 2 aromatic rings. The fourth-order valence-corrected chi connectivity index (χ4v) is 1.51. The fraction of sp³-hybridized carbons (Fsp3) is 0.154. The number of hydrogen-bond donors (Lipinski definition) is 2. The molecule has 0 aliphatic carbocycles. The molecule has 5 nitrogen and oxygen atoms in total. The molecule has 0 aromatic carbocycles. The van der Waals surface area contributed by atoms with Crippen LogP contribution < -0.4 is 11.1 Å². The minimum Gasteiger partial charge on any atom is -0.397 e. The first kappa shape index (κ1) is 12.0. The van der Waals surface area contributed by atoms with Crippen LogP contribution >= 0.6 is 0 Å². The average Bonchev–Trinajstić information content (AvgIpc) is 2.33. The maximum absolute atomic E-state index is 11.9. The van der Waals surface area contributed by atoms with Gasteiger partial charge < -0.3 is 11.1 Å². The van der Waals surface area contributed by atoms with Crippen LogP contribution in [-0.4, -0.2) is 15.9 Å². The molecule has 0 bridgehead atoms. The summed E-state index contributed by atoms with van der Waals surface area (Å²) < 4.78 is 0. The van der Waals surface area contributed by atoms with Gasteiger partial charge in [0.05, 0.1) is 17.4 Å². The standard InChI is InChI=1S/C13H14N4O/c1-8-5-11(14)7-16-12(8)17-13(18)10-4-3-9(2)15-6-10/h3-7H,14H2,1-2H3,(H,16,17,18). The minimum absolute atomic E-state index is 0.233. The molecule has 2 heterocycles. The van der Waals surface area contributed by atoms with Crippen molar-refractivity contribution in [2.45, 2.75) is 13.8 Å². The maximum atomic E-state index is 11.9. The van der Waals surface area contributed by atoms with Crippen molar-refractivity contribution in [1.82, 2.24) is 9.97 Å². The molecule has 0 saturated carbocycles. The lowest BCUT2D eigenvalue weighted by molar-refractivity contribution is 0.102. The van der Waals surface area contributed by atoms with Crippen LogP contribution in [0.5, 0.6) is 0 Å². The predicted octanol–water partition coefficient (Wildman–Crippen LogP) is 1.93. The monoisotopic (exact) mass is 242 g/mol. The van der Waals surface area contributed by atoms with Gasteiger partial charge in [-0.05, 0) is 37.6 Å². The normalized spacial score (nSPS) is 10.1. The molecule has 2 rings (SSSR count). The van der Waals surface area contributed by atoms with E-state index >= 15 is 0 Å². The van der Waals surface area contributed by atoms with Gasteiger partial charge in [0.25, 0.3) is 5.91 Å². The summed E-state index contributed by atoms with van der Waals surface area (Å²) in [5.41, 5.74) is 8.36. The van der Waals surface area contributed by atoms with Crippen LogP contribution in [-0.2, 0) is 0 Å². The maximum Gasteiger partial charge on any atom is 0.258 e. The topological polar surface area (TPSA) is 80.9 Å². The van der Waals surface area contributed by atoms with Crippen molar-refractivity contribution in [3.63, 3.8) is 0 Å². The molecule has 0 unspecified atom stereocenters. The SMILES string of the molecule is Cc1ccc(C(=O)Nc2ncc(N)cc2C)cn1. The van der Waals surface area contributed by atoms with Crippen LogP contribution in [0, 0.1) is 13.8 Å². The second kappa shape index (κ2) is 4.83. The summed E-state index contributed by atoms with van der Waals surface area (Å²) in [6, 6.07) is 5.28. The molecule has 0 saturated heterocycles. The van der Waals surface area contributed by atoms with E-state index in [4.69, 9.17) is 5.73 Å². The number of nitrogen functional groups attached to an aromatic ring is 1. The highest BCUT2D eigenvalue weighted by Gasteiger charge is 2.08. The molecule has 0 spiro atoms. The van der Waals surface area contributed by atoms with E-state index < -0.39 is 0 Å². The largest absolute Gasteiger partial charge is 0.397 e. The van der Waals surface area contributed by atoms with E-state index in [9.17, 15) is 4.79 Å². The van der Waals surface area contributed by atoms with Crippen LogP contribution in [0.2, 0.25) is 0 Å². The van der Waals surface area contributed by atoms with Gasteiger partial charge in [-0.15, -0.1) is 0 Å². The Hall–Kier alpha value is -2.43. The van der Waals surface area contributed by atoms with E-state index in [-0.39, 0.29) is 5.91 Å². The Bertz CT molecular complexity index is 578. The summed E-state index contributed by atoms with van der Waals surface area (Å²) >= 11 is 0. The summed E-state index contributed by atoms with van der Waals surface area (Å²) in [7, 11) is 0. The summed E-state index contributed by atoms with van der Waals surface area (Å²) in [5, 5.41) is 2.73. The van der Waals surface area contributed by atoms with E-state index in [1.165, 1.54) is 12.4 Å². The van der Waals surface area contributed by atoms with Gasteiger partial charge in [0.1, 0.15) is 5.82 Å². The Kier molecular flexibility index (Phi) is 3.23. The van der Waals surface area contributed by atoms with Gasteiger partial charge in [-0.3, -0.25) is 9.78 Å². The van der Waals surface area contributed by atoms with E-state index in [1.807, 2.05) is 13.8 Å². The molecule has 92 valence electrons. The van der Waals surface area contributed by atoms with Crippen molar-refractivity contribution in [2.24, 2.45) is 0 Å². The average molecular weight is 242 g/mol. The molecule has 0 fully saturated rings. The summed E-state index contributed by atoms with van der Waals surface area (Å²) in [4.78, 5) is 20.1. The number of aromatic nitrogens is 2. The number of nitrogens with zero attached hydrogens (tertiary/aromatic N) is 2. The molecule has 0 aliphatic heterocycles. The Morgan fingerprint density at radius 1 is 1.22 bits per heavy atom. The molecular formula is C13H14N4O. The van der Waals surface area contributed by atoms with Gasteiger partial charge in [0.15, 0.2) is 0 Å². The molecule has 0 aliphatic rings. The molecule has 3 N–H and O–H groups in total. The Labute approximate surface area is 105 Å². The van der Waals surface area contributed by atoms with Crippen LogP contribution in [0.25, 0.3) is 0 Å². The zero-order valence-corrected chi connectivity index (χ0v) is 10.3. The number of pyridine rings is 2. The van der Waals surface area contributed by atoms with Gasteiger partial charge in [0, 0.05) is 11.9 Å². The summed E-state index contributed by atoms with van der Waals surface area (Å²) in [6.45, 7) is 3.71. The number of aryl methyl sites for hydroxylation is 2. The third-order valence-electron chi connectivity index (χ3n) is 2.50. The van der Waals surface area contributed by atoms with Crippen LogP contribution in [0.1, 0.15) is 21.6 Å². The van der Waals surface area contributed by atoms with E-state index in [0.29, 0.717) is 17.1 Å². The van der Waals surface area contributed by atoms with Crippen LogP contribution in [0.15, 0.2) is 30.6 Å². The number of carbonyl (C=O) groups excluding carboxylic acids is 1. The van der Waals surface area contributed by atoms with Gasteiger partial charge in [-0.1, -0.05) is 0 Å². The first-order chi connectivity index (χ1) is 8.56. The Morgan fingerprint density at radius 2 is 2.00 bits per heavy atom. The zero-order chi connectivity index (χ0) is 13.1. The third-order valence-corrected chi connectivity index (χ3v) is 2.50. The van der Waals surface area contributed by atoms with Crippen LogP contribution in [0.4, 0.5) is 11.5 Å². The molecule has 5 heteroatoms. The molecule has 0 atom stereocenters. The van der Waals surface area contributed by atoms with Crippen molar-refractivity contribution in [1.29, 1.82) is 0 Å². The lowest BCUT2D eigenvalue weighted by Gasteiger charge is -2.07. The number of hydrogen-bond acceptors (Lipinski definition) is 4. The second-order valence-corrected chi connectivity index (χ2v) is 4.08. The summed E-state index contributed by atoms with van der Waals surface area (Å²) in [6.07, 6.45) is 3.05. The first-order valence-corrected chi connectivity index (χ1v) is 5.52. The van der Waals surface area contributed by atoms with E-state index in [2.05, 4.69) is 15.3 Å². The third kappa shape index (κ3) is 2.63. The Morgan fingerprint density at radius 3 is 2.61 bits per heavy atom. The minimum atomic E-state index is -0.233. The number of rotatable bonds is 2. The van der Waals surface area contributed by atoms with Crippen molar-refractivity contribution in [2.75, 3.05) is 11.1 Å². The van der Waals surface area contributed by atoms with Gasteiger partial charge in [0.2, 0.25) is 0 Å². The lowest BCUT2D eigenvalue weighted by atomic mass is 10.2. The van der Waals surface area contributed by atoms with Crippen molar-refractivity contribution in [3.05, 3.63) is 47.4 Å². The summed E-state index contributed by atoms with van der Waals surface area (Å²) in [5.74, 6) is 0.276. The second-order valence-electron chi connectivity index (χ2n) is 4.08. The van der Waals surface area contributed by atoms with E-state index in [0.717, 1.165) is 11.3 Å². The number of carbonyl (C=O) groups is 1. The highest BCUT2D eigenvalue weighted by Crippen LogP contribution is 2.14. The molecule has 2 aromatic heterocycles. The van der Waals surface area contributed by atoms with Crippen LogP contribution in [0.3, 0.4) is 0 Å². The zero-order valence-electron chi connectivity index (χ0n) is 10.3. The predicted molar refractivity (Wildman–Crippen MR) is 70.3 cm³/mol. The Balaban J connectivity index is 2.18. The number of anilines is 2. The quantitative estimate of drug-likeness (QED) is 0.843. The molecular weight excluding hydrogens is 228 g/mol. The lowest BCUT2D eigenvalue weighted by Crippen LogP contribution is -2.14. The number of nitrogens with one attached hydrogen (secondary N) is 1. The number of nitrogens with two attached hydrogens (primary N) is 1. The van der Waals surface area contributed by atoms with Gasteiger partial charge >= 0.3 is 0 Å². The van der Waals surface area contributed by atoms with Crippen molar-refractivity contribution >= 4 is 17.4 Å². The fourth-order valence-electron chi connectivity index (χ4n) is 1.51. The van der Waals surface area contributed by atoms with E-state index in [1.54, 1.807) is 18.2 Å². The number of amides is 1. The highest BCUT2D eigenvalue weighted by atomic mass is 16.1. The molecule has 18 heavy (non-hydrogen) atoms. The molecule has 0 radical (unpaired) electrons. The van der Waals surface area contributed by atoms with Gasteiger partial charge in [-0.25, -0.2) is 4.98 Å². The van der Waals surface area contributed by atoms with Crippen molar-refractivity contribution < 1.29 is 4.79 Å². The first-order valence-electron chi connectivity index (χ1n) is 5.52. The van der Waals surface area contributed by atoms with Crippen molar-refractivity contribution in [3.8, 4) is 0 Å². The smallest absolute Gasteiger partial charge is 0.258 e. The molecule has 1 amide bonds. The highest BCUT2D eigenvalue weighted by molar-refractivity contribution is 6.03. The van der Waals surface area contributed by atoms with Gasteiger partial charge in [-0.2, -0.15) is 0 Å².